The molecule has 2 aromatic heterocycles. The van der Waals surface area contributed by atoms with Crippen LogP contribution in [0.2, 0.25) is 0 Å². The molecule has 0 bridgehead atoms. The Labute approximate surface area is 133 Å². The van der Waals surface area contributed by atoms with E-state index in [1.807, 2.05) is 31.3 Å². The molecule has 108 valence electrons. The van der Waals surface area contributed by atoms with Gasteiger partial charge in [-0.2, -0.15) is 5.10 Å². The summed E-state index contributed by atoms with van der Waals surface area (Å²) in [4.78, 5) is 4.16. The van der Waals surface area contributed by atoms with Crippen molar-refractivity contribution in [1.82, 2.24) is 29.6 Å². The van der Waals surface area contributed by atoms with Crippen molar-refractivity contribution in [2.45, 2.75) is 10.9 Å². The number of nitrogens with two attached hydrogens (primary N) is 1. The molecule has 3 rings (SSSR count). The maximum absolute atomic E-state index is 6.09. The fraction of sp³-hybridized carbons (Fsp3) is 0.167. The van der Waals surface area contributed by atoms with Gasteiger partial charge in [-0.1, -0.05) is 39.8 Å². The molecule has 3 aromatic rings. The molecule has 0 aliphatic heterocycles. The Morgan fingerprint density at radius 2 is 2.10 bits per heavy atom. The molecule has 2 heterocycles. The van der Waals surface area contributed by atoms with Gasteiger partial charge in [0.25, 0.3) is 0 Å². The first-order chi connectivity index (χ1) is 10.2. The summed E-state index contributed by atoms with van der Waals surface area (Å²) in [6.07, 6.45) is 1.52. The van der Waals surface area contributed by atoms with E-state index in [0.29, 0.717) is 16.7 Å². The number of halogens is 1. The van der Waals surface area contributed by atoms with Crippen molar-refractivity contribution < 1.29 is 0 Å². The van der Waals surface area contributed by atoms with Crippen molar-refractivity contribution in [3.05, 3.63) is 40.9 Å². The van der Waals surface area contributed by atoms with E-state index in [9.17, 15) is 0 Å². The molecule has 0 unspecified atom stereocenters. The number of hydrogen-bond donors (Lipinski definition) is 1. The van der Waals surface area contributed by atoms with Crippen molar-refractivity contribution in [2.75, 3.05) is 5.84 Å². The summed E-state index contributed by atoms with van der Waals surface area (Å²) in [5.41, 5.74) is 0.901. The summed E-state index contributed by atoms with van der Waals surface area (Å²) in [5, 5.41) is 13.0. The lowest BCUT2D eigenvalue weighted by molar-refractivity contribution is 0.728. The molecule has 0 spiro atoms. The first kappa shape index (κ1) is 14.1. The average Bonchev–Trinajstić information content (AvgIpc) is 3.04. The number of hydrogen-bond acceptors (Lipinski definition) is 6. The van der Waals surface area contributed by atoms with Gasteiger partial charge in [0.15, 0.2) is 5.82 Å². The number of rotatable bonds is 4. The molecule has 0 aliphatic rings. The summed E-state index contributed by atoms with van der Waals surface area (Å²) in [5.74, 6) is 8.18. The first-order valence-corrected chi connectivity index (χ1v) is 7.85. The van der Waals surface area contributed by atoms with Gasteiger partial charge in [0.2, 0.25) is 5.16 Å². The van der Waals surface area contributed by atoms with Gasteiger partial charge in [0.1, 0.15) is 12.2 Å². The highest BCUT2D eigenvalue weighted by atomic mass is 79.9. The highest BCUT2D eigenvalue weighted by Crippen LogP contribution is 2.28. The lowest BCUT2D eigenvalue weighted by Gasteiger charge is -2.05. The Kier molecular flexibility index (Phi) is 3.93. The monoisotopic (exact) mass is 365 g/mol. The summed E-state index contributed by atoms with van der Waals surface area (Å²) in [7, 11) is 1.85. The van der Waals surface area contributed by atoms with E-state index in [0.717, 1.165) is 15.9 Å². The molecule has 0 atom stereocenters. The normalized spacial score (nSPS) is 11.0. The maximum atomic E-state index is 6.09. The molecule has 0 fully saturated rings. The number of aromatic nitrogens is 6. The molecule has 0 aliphatic carbocycles. The molecular formula is C12H12BrN7S. The number of aryl methyl sites for hydroxylation is 1. The van der Waals surface area contributed by atoms with Crippen LogP contribution in [0.1, 0.15) is 5.82 Å². The Morgan fingerprint density at radius 3 is 2.81 bits per heavy atom. The van der Waals surface area contributed by atoms with Crippen LogP contribution >= 0.6 is 27.7 Å². The highest BCUT2D eigenvalue weighted by Gasteiger charge is 2.15. The van der Waals surface area contributed by atoms with E-state index in [-0.39, 0.29) is 0 Å². The average molecular weight is 366 g/mol. The molecule has 21 heavy (non-hydrogen) atoms. The molecule has 0 radical (unpaired) electrons. The Balaban J connectivity index is 1.83. The van der Waals surface area contributed by atoms with Gasteiger partial charge in [-0.3, -0.25) is 4.68 Å². The van der Waals surface area contributed by atoms with Crippen molar-refractivity contribution >= 4 is 27.7 Å². The minimum Gasteiger partial charge on any atom is -0.335 e. The molecule has 1 aromatic carbocycles. The van der Waals surface area contributed by atoms with Crippen molar-refractivity contribution in [3.8, 4) is 11.4 Å². The van der Waals surface area contributed by atoms with Gasteiger partial charge in [-0.05, 0) is 12.1 Å². The topological polar surface area (TPSA) is 87.4 Å². The van der Waals surface area contributed by atoms with Gasteiger partial charge in [0.05, 0.1) is 5.75 Å². The van der Waals surface area contributed by atoms with Crippen LogP contribution < -0.4 is 5.84 Å². The molecule has 2 N–H and O–H groups in total. The van der Waals surface area contributed by atoms with Crippen LogP contribution in [0.25, 0.3) is 11.4 Å². The summed E-state index contributed by atoms with van der Waals surface area (Å²) in [6.45, 7) is 0. The summed E-state index contributed by atoms with van der Waals surface area (Å²) in [6, 6.07) is 7.75. The third-order valence-electron chi connectivity index (χ3n) is 2.91. The van der Waals surface area contributed by atoms with Gasteiger partial charge in [0, 0.05) is 17.1 Å². The summed E-state index contributed by atoms with van der Waals surface area (Å²) < 4.78 is 4.13. The van der Waals surface area contributed by atoms with Crippen molar-refractivity contribution in [3.63, 3.8) is 0 Å². The van der Waals surface area contributed by atoms with E-state index in [1.54, 1.807) is 4.68 Å². The van der Waals surface area contributed by atoms with Gasteiger partial charge < -0.3 is 5.84 Å². The Morgan fingerprint density at radius 1 is 1.29 bits per heavy atom. The zero-order valence-corrected chi connectivity index (χ0v) is 13.5. The van der Waals surface area contributed by atoms with Gasteiger partial charge >= 0.3 is 0 Å². The Hall–Kier alpha value is -1.87. The van der Waals surface area contributed by atoms with E-state index >= 15 is 0 Å². The van der Waals surface area contributed by atoms with Crippen LogP contribution in [0.15, 0.2) is 40.2 Å². The SMILES string of the molecule is Cn1ncnc1CSc1nnc(-c2ccccc2Br)n1N. The molecule has 0 saturated heterocycles. The zero-order valence-electron chi connectivity index (χ0n) is 11.1. The maximum Gasteiger partial charge on any atom is 0.210 e. The predicted molar refractivity (Wildman–Crippen MR) is 83.9 cm³/mol. The number of nitrogens with zero attached hydrogens (tertiary/aromatic N) is 6. The number of nitrogen functional groups attached to an aromatic ring is 1. The molecule has 7 nitrogen and oxygen atoms in total. The second-order valence-corrected chi connectivity index (χ2v) is 6.04. The lowest BCUT2D eigenvalue weighted by atomic mass is 10.2. The second kappa shape index (κ2) is 5.86. The van der Waals surface area contributed by atoms with Crippen molar-refractivity contribution in [1.29, 1.82) is 0 Å². The Bertz CT molecular complexity index is 767. The van der Waals surface area contributed by atoms with E-state index in [2.05, 4.69) is 36.2 Å². The van der Waals surface area contributed by atoms with Crippen LogP contribution in [0.5, 0.6) is 0 Å². The number of thioether (sulfide) groups is 1. The van der Waals surface area contributed by atoms with Crippen LogP contribution in [0.3, 0.4) is 0 Å². The van der Waals surface area contributed by atoms with Gasteiger partial charge in [-0.25, -0.2) is 9.66 Å². The molecule has 0 saturated carbocycles. The van der Waals surface area contributed by atoms with E-state index < -0.39 is 0 Å². The quantitative estimate of drug-likeness (QED) is 0.560. The lowest BCUT2D eigenvalue weighted by Crippen LogP contribution is -2.12. The van der Waals surface area contributed by atoms with Crippen LogP contribution in [-0.2, 0) is 12.8 Å². The fourth-order valence-corrected chi connectivity index (χ4v) is 3.09. The van der Waals surface area contributed by atoms with E-state index in [1.165, 1.54) is 22.8 Å². The highest BCUT2D eigenvalue weighted by molar-refractivity contribution is 9.10. The summed E-state index contributed by atoms with van der Waals surface area (Å²) >= 11 is 4.96. The minimum absolute atomic E-state index is 0.614. The smallest absolute Gasteiger partial charge is 0.210 e. The largest absolute Gasteiger partial charge is 0.335 e. The second-order valence-electron chi connectivity index (χ2n) is 4.24. The fourth-order valence-electron chi connectivity index (χ4n) is 1.78. The van der Waals surface area contributed by atoms with Crippen LogP contribution in [-0.4, -0.2) is 29.6 Å². The van der Waals surface area contributed by atoms with Crippen LogP contribution in [0, 0.1) is 0 Å². The first-order valence-electron chi connectivity index (χ1n) is 6.08. The standard InChI is InChI=1S/C12H12BrN7S/c1-19-10(15-7-16-19)6-21-12-18-17-11(20(12)14)8-4-2-3-5-9(8)13/h2-5,7H,6,14H2,1H3. The zero-order chi connectivity index (χ0) is 14.8. The van der Waals surface area contributed by atoms with Gasteiger partial charge in [-0.15, -0.1) is 10.2 Å². The third-order valence-corrected chi connectivity index (χ3v) is 4.55. The van der Waals surface area contributed by atoms with Crippen molar-refractivity contribution in [2.24, 2.45) is 7.05 Å². The molecular weight excluding hydrogens is 354 g/mol. The predicted octanol–water partition coefficient (Wildman–Crippen LogP) is 1.84. The molecule has 0 amide bonds. The number of benzene rings is 1. The van der Waals surface area contributed by atoms with E-state index in [4.69, 9.17) is 5.84 Å². The molecule has 9 heteroatoms. The van der Waals surface area contributed by atoms with Crippen LogP contribution in [0.4, 0.5) is 0 Å². The third kappa shape index (κ3) is 2.79. The minimum atomic E-state index is 0.614.